The second-order valence-electron chi connectivity index (χ2n) is 1.99. The first kappa shape index (κ1) is 13.3. The summed E-state index contributed by atoms with van der Waals surface area (Å²) in [5.74, 6) is -6.21. The molecule has 0 aromatic rings. The lowest BCUT2D eigenvalue weighted by Gasteiger charge is -2.25. The van der Waals surface area contributed by atoms with E-state index in [4.69, 9.17) is 0 Å². The Bertz CT molecular complexity index is 193. The average molecular weight is 236 g/mol. The Kier molecular flexibility index (Phi) is 3.31. The predicted molar refractivity (Wildman–Crippen MR) is 23.0 cm³/mol. The van der Waals surface area contributed by atoms with Crippen molar-refractivity contribution in [3.63, 3.8) is 0 Å². The molecule has 0 rings (SSSR count). The summed E-state index contributed by atoms with van der Waals surface area (Å²) in [6.45, 7) is 0. The molecule has 0 saturated carbocycles. The van der Waals surface area contributed by atoms with Crippen molar-refractivity contribution in [1.29, 1.82) is 0 Å². The number of alkyl halides is 9. The highest BCUT2D eigenvalue weighted by Gasteiger charge is 2.68. The molecule has 0 aliphatic rings. The number of ether oxygens (including phenoxy) is 1. The van der Waals surface area contributed by atoms with E-state index in [-0.39, 0.29) is 0 Å². The Morgan fingerprint density at radius 2 is 1.14 bits per heavy atom. The molecule has 0 unspecified atom stereocenters. The van der Waals surface area contributed by atoms with Gasteiger partial charge in [-0.05, 0) is 0 Å². The average Bonchev–Trinajstić information content (AvgIpc) is 1.80. The fourth-order valence-electron chi connectivity index (χ4n) is 0.340. The molecule has 0 saturated heterocycles. The van der Waals surface area contributed by atoms with E-state index in [1.165, 1.54) is 0 Å². The third-order valence-electron chi connectivity index (χ3n) is 0.906. The van der Waals surface area contributed by atoms with E-state index in [0.29, 0.717) is 0 Å². The quantitative estimate of drug-likeness (QED) is 0.684. The highest BCUT2D eigenvalue weighted by Crippen LogP contribution is 2.43. The fraction of sp³-hybridized carbons (Fsp3) is 1.00. The normalized spacial score (nSPS) is 15.0. The van der Waals surface area contributed by atoms with Gasteiger partial charge in [0.05, 0.1) is 0 Å². The van der Waals surface area contributed by atoms with Crippen LogP contribution >= 0.6 is 0 Å². The summed E-state index contributed by atoms with van der Waals surface area (Å²) in [5, 5.41) is 0. The van der Waals surface area contributed by atoms with Crippen LogP contribution in [0.4, 0.5) is 39.5 Å². The maximum atomic E-state index is 11.8. The number of hydrogen-bond donors (Lipinski definition) is 0. The van der Waals surface area contributed by atoms with Gasteiger partial charge >= 0.3 is 24.8 Å². The summed E-state index contributed by atoms with van der Waals surface area (Å²) in [5.41, 5.74) is 0. The third kappa shape index (κ3) is 2.93. The first-order chi connectivity index (χ1) is 5.90. The zero-order valence-electron chi connectivity index (χ0n) is 5.89. The van der Waals surface area contributed by atoms with Gasteiger partial charge in [0.15, 0.2) is 0 Å². The molecule has 10 heteroatoms. The minimum absolute atomic E-state index is 1.59. The monoisotopic (exact) mass is 236 g/mol. The minimum Gasteiger partial charge on any atom is -0.221 e. The Morgan fingerprint density at radius 1 is 0.786 bits per heavy atom. The summed E-state index contributed by atoms with van der Waals surface area (Å²) >= 11 is 0. The van der Waals surface area contributed by atoms with Crippen molar-refractivity contribution in [3.05, 3.63) is 0 Å². The van der Waals surface area contributed by atoms with Gasteiger partial charge in [-0.1, -0.05) is 0 Å². The van der Waals surface area contributed by atoms with Crippen LogP contribution in [0.5, 0.6) is 0 Å². The molecule has 86 valence electrons. The van der Waals surface area contributed by atoms with E-state index in [1.807, 2.05) is 0 Å². The third-order valence-corrected chi connectivity index (χ3v) is 0.906. The molecule has 0 N–H and O–H groups in total. The van der Waals surface area contributed by atoms with Gasteiger partial charge in [0.1, 0.15) is 0 Å². The van der Waals surface area contributed by atoms with Crippen molar-refractivity contribution in [2.75, 3.05) is 0 Å². The van der Waals surface area contributed by atoms with Crippen LogP contribution in [0.1, 0.15) is 0 Å². The topological polar surface area (TPSA) is 9.23 Å². The highest BCUT2D eigenvalue weighted by molar-refractivity contribution is 4.79. The van der Waals surface area contributed by atoms with Crippen molar-refractivity contribution in [2.45, 2.75) is 24.8 Å². The van der Waals surface area contributed by atoms with E-state index >= 15 is 0 Å². The maximum absolute atomic E-state index is 11.8. The summed E-state index contributed by atoms with van der Waals surface area (Å²) < 4.78 is 104. The van der Waals surface area contributed by atoms with Crippen LogP contribution in [0.3, 0.4) is 0 Å². The lowest BCUT2D eigenvalue weighted by atomic mass is 10.3. The van der Waals surface area contributed by atoms with Crippen molar-refractivity contribution in [1.82, 2.24) is 0 Å². The van der Waals surface area contributed by atoms with Crippen LogP contribution in [0.15, 0.2) is 0 Å². The molecule has 0 aromatic carbocycles. The van der Waals surface area contributed by atoms with Crippen molar-refractivity contribution >= 4 is 0 Å². The van der Waals surface area contributed by atoms with Gasteiger partial charge in [-0.3, -0.25) is 0 Å². The summed E-state index contributed by atoms with van der Waals surface area (Å²) in [6.07, 6.45) is -17.4. The molecule has 0 aliphatic carbocycles. The number of rotatable bonds is 3. The molecule has 0 spiro atoms. The molecule has 0 aliphatic heterocycles. The maximum Gasteiger partial charge on any atom is 0.527 e. The molecule has 0 heterocycles. The van der Waals surface area contributed by atoms with E-state index in [1.54, 1.807) is 4.74 Å². The van der Waals surface area contributed by atoms with Gasteiger partial charge in [0.25, 0.3) is 0 Å². The zero-order chi connectivity index (χ0) is 11.8. The van der Waals surface area contributed by atoms with Crippen LogP contribution in [0, 0.1) is 0 Å². The first-order valence-electron chi connectivity index (χ1n) is 2.71. The molecule has 0 bridgehead atoms. The molecular formula is C4HF9O. The highest BCUT2D eigenvalue weighted by atomic mass is 19.4. The first-order valence-corrected chi connectivity index (χ1v) is 2.71. The van der Waals surface area contributed by atoms with Gasteiger partial charge in [-0.25, -0.2) is 13.5 Å². The molecule has 0 amide bonds. The molecule has 14 heavy (non-hydrogen) atoms. The van der Waals surface area contributed by atoms with Crippen LogP contribution in [0.25, 0.3) is 0 Å². The minimum atomic E-state index is -6.31. The lowest BCUT2D eigenvalue weighted by Crippen LogP contribution is -2.50. The van der Waals surface area contributed by atoms with Crippen LogP contribution in [-0.2, 0) is 4.74 Å². The molecular weight excluding hydrogens is 235 g/mol. The summed E-state index contributed by atoms with van der Waals surface area (Å²) in [7, 11) is 0. The SMILES string of the molecule is FC(F)C(F)(F)C(F)(F)OC(F)(F)F. The van der Waals surface area contributed by atoms with Crippen LogP contribution in [0.2, 0.25) is 0 Å². The van der Waals surface area contributed by atoms with E-state index in [9.17, 15) is 39.5 Å². The second kappa shape index (κ2) is 3.48. The van der Waals surface area contributed by atoms with Gasteiger partial charge < -0.3 is 0 Å². The van der Waals surface area contributed by atoms with Crippen molar-refractivity contribution in [2.24, 2.45) is 0 Å². The fourth-order valence-corrected chi connectivity index (χ4v) is 0.340. The largest absolute Gasteiger partial charge is 0.527 e. The zero-order valence-corrected chi connectivity index (χ0v) is 5.89. The second-order valence-corrected chi connectivity index (χ2v) is 1.99. The molecule has 0 radical (unpaired) electrons. The molecule has 0 aromatic heterocycles. The smallest absolute Gasteiger partial charge is 0.221 e. The van der Waals surface area contributed by atoms with E-state index in [0.717, 1.165) is 0 Å². The predicted octanol–water partition coefficient (Wildman–Crippen LogP) is 3.02. The van der Waals surface area contributed by atoms with Crippen LogP contribution < -0.4 is 0 Å². The standard InChI is InChI=1S/C4HF9O/c5-1(6)2(7,8)3(9,10)14-4(11,12)13/h1H. The molecule has 0 fully saturated rings. The Hall–Kier alpha value is -0.670. The van der Waals surface area contributed by atoms with Crippen molar-refractivity contribution < 1.29 is 44.3 Å². The number of halogens is 9. The van der Waals surface area contributed by atoms with Gasteiger partial charge in [0, 0.05) is 0 Å². The Morgan fingerprint density at radius 3 is 1.36 bits per heavy atom. The van der Waals surface area contributed by atoms with Crippen LogP contribution in [-0.4, -0.2) is 24.8 Å². The van der Waals surface area contributed by atoms with Gasteiger partial charge in [0.2, 0.25) is 0 Å². The number of hydrogen-bond acceptors (Lipinski definition) is 1. The summed E-state index contributed by atoms with van der Waals surface area (Å²) in [4.78, 5) is 0. The van der Waals surface area contributed by atoms with Gasteiger partial charge in [-0.15, -0.1) is 13.2 Å². The summed E-state index contributed by atoms with van der Waals surface area (Å²) in [6, 6.07) is 0. The lowest BCUT2D eigenvalue weighted by molar-refractivity contribution is -0.475. The molecule has 1 nitrogen and oxygen atoms in total. The van der Waals surface area contributed by atoms with E-state index < -0.39 is 24.8 Å². The van der Waals surface area contributed by atoms with Gasteiger partial charge in [-0.2, -0.15) is 17.6 Å². The Balaban J connectivity index is 4.78. The van der Waals surface area contributed by atoms with E-state index in [2.05, 4.69) is 0 Å². The Labute approximate surface area is 70.4 Å². The molecule has 0 atom stereocenters. The van der Waals surface area contributed by atoms with Crippen molar-refractivity contribution in [3.8, 4) is 0 Å².